The second-order valence-electron chi connectivity index (χ2n) is 8.85. The molecule has 0 bridgehead atoms. The molecule has 0 radical (unpaired) electrons. The van der Waals surface area contributed by atoms with Crippen molar-refractivity contribution in [3.63, 3.8) is 0 Å². The van der Waals surface area contributed by atoms with Crippen LogP contribution in [-0.2, 0) is 4.79 Å². The van der Waals surface area contributed by atoms with E-state index in [-0.39, 0.29) is 11.8 Å². The van der Waals surface area contributed by atoms with Crippen molar-refractivity contribution in [1.29, 1.82) is 0 Å². The largest absolute Gasteiger partial charge is 0.352 e. The maximum atomic E-state index is 13.1. The molecule has 0 saturated carbocycles. The molecule has 174 valence electrons. The monoisotopic (exact) mass is 474 g/mol. The fourth-order valence-corrected chi connectivity index (χ4v) is 4.88. The second kappa shape index (κ2) is 9.06. The van der Waals surface area contributed by atoms with Gasteiger partial charge >= 0.3 is 0 Å². The molecule has 4 aromatic rings. The van der Waals surface area contributed by atoms with E-state index in [1.807, 2.05) is 67.1 Å². The molecule has 2 aromatic heterocycles. The number of aromatic nitrogens is 4. The summed E-state index contributed by atoms with van der Waals surface area (Å²) in [6, 6.07) is 15.6. The molecule has 5 rings (SSSR count). The highest BCUT2D eigenvalue weighted by Gasteiger charge is 2.29. The molecule has 1 saturated heterocycles. The number of amides is 1. The highest BCUT2D eigenvalue weighted by molar-refractivity contribution is 6.31. The molecule has 2 aromatic carbocycles. The van der Waals surface area contributed by atoms with E-state index in [4.69, 9.17) is 16.7 Å². The summed E-state index contributed by atoms with van der Waals surface area (Å²) in [6.45, 7) is 7.30. The predicted molar refractivity (Wildman–Crippen MR) is 136 cm³/mol. The van der Waals surface area contributed by atoms with Crippen molar-refractivity contribution in [3.8, 4) is 5.69 Å². The Balaban J connectivity index is 1.45. The molecule has 1 aliphatic rings. The third kappa shape index (κ3) is 4.01. The Morgan fingerprint density at radius 2 is 1.85 bits per heavy atom. The van der Waals surface area contributed by atoms with Crippen LogP contribution in [0.1, 0.15) is 29.8 Å². The van der Waals surface area contributed by atoms with Crippen LogP contribution in [-0.4, -0.2) is 39.0 Å². The Morgan fingerprint density at radius 1 is 1.06 bits per heavy atom. The average molecular weight is 475 g/mol. The van der Waals surface area contributed by atoms with Gasteiger partial charge in [-0.15, -0.1) is 5.10 Å². The molecule has 1 fully saturated rings. The summed E-state index contributed by atoms with van der Waals surface area (Å²) in [5.74, 6) is 0.565. The van der Waals surface area contributed by atoms with E-state index in [9.17, 15) is 4.79 Å². The van der Waals surface area contributed by atoms with Crippen molar-refractivity contribution in [3.05, 3.63) is 70.5 Å². The molecule has 1 amide bonds. The topological polar surface area (TPSA) is 75.9 Å². The SMILES string of the molecule is Cc1c(Cl)cccc1NC(=O)C1CCCN(c2nnc(C)c3c(C)n(-c4ccccc4)nc23)C1. The third-order valence-electron chi connectivity index (χ3n) is 6.60. The normalized spacial score (nSPS) is 16.1. The lowest BCUT2D eigenvalue weighted by molar-refractivity contribution is -0.120. The number of fused-ring (bicyclic) bond motifs is 1. The number of hydrogen-bond donors (Lipinski definition) is 1. The number of piperidine rings is 1. The first kappa shape index (κ1) is 22.3. The van der Waals surface area contributed by atoms with E-state index < -0.39 is 0 Å². The molecule has 1 N–H and O–H groups in total. The molecule has 1 unspecified atom stereocenters. The van der Waals surface area contributed by atoms with Gasteiger partial charge in [0.05, 0.1) is 28.4 Å². The third-order valence-corrected chi connectivity index (χ3v) is 7.01. The Labute approximate surface area is 203 Å². The van der Waals surface area contributed by atoms with Gasteiger partial charge in [-0.3, -0.25) is 4.79 Å². The zero-order chi connectivity index (χ0) is 23.8. The standard InChI is InChI=1S/C26H27ClN6O/c1-16-21(27)12-7-13-22(16)28-26(34)19-9-8-14-32(15-19)25-24-23(17(2)29-30-25)18(3)33(31-24)20-10-5-4-6-11-20/h4-7,10-13,19H,8-9,14-15H2,1-3H3,(H,28,34). The van der Waals surface area contributed by atoms with Crippen molar-refractivity contribution in [1.82, 2.24) is 20.0 Å². The number of nitrogens with zero attached hydrogens (tertiary/aromatic N) is 5. The predicted octanol–water partition coefficient (Wildman–Crippen LogP) is 5.25. The first-order valence-electron chi connectivity index (χ1n) is 11.5. The van der Waals surface area contributed by atoms with Crippen LogP contribution in [0, 0.1) is 26.7 Å². The Bertz CT molecular complexity index is 1370. The van der Waals surface area contributed by atoms with Crippen molar-refractivity contribution >= 4 is 39.9 Å². The Morgan fingerprint density at radius 3 is 2.65 bits per heavy atom. The first-order chi connectivity index (χ1) is 16.4. The second-order valence-corrected chi connectivity index (χ2v) is 9.26. The quantitative estimate of drug-likeness (QED) is 0.437. The number of carbonyl (C=O) groups is 1. The van der Waals surface area contributed by atoms with Crippen LogP contribution in [0.2, 0.25) is 5.02 Å². The summed E-state index contributed by atoms with van der Waals surface area (Å²) in [5, 5.41) is 18.6. The molecule has 0 spiro atoms. The van der Waals surface area contributed by atoms with Gasteiger partial charge in [0.1, 0.15) is 5.52 Å². The van der Waals surface area contributed by atoms with Crippen LogP contribution in [0.4, 0.5) is 11.5 Å². The van der Waals surface area contributed by atoms with Gasteiger partial charge in [-0.1, -0.05) is 35.9 Å². The van der Waals surface area contributed by atoms with E-state index in [1.165, 1.54) is 0 Å². The summed E-state index contributed by atoms with van der Waals surface area (Å²) in [5.41, 5.74) is 5.32. The number of carbonyl (C=O) groups excluding carboxylic acids is 1. The van der Waals surface area contributed by atoms with Gasteiger partial charge in [-0.05, 0) is 63.4 Å². The molecule has 1 aliphatic heterocycles. The van der Waals surface area contributed by atoms with Gasteiger partial charge in [0.15, 0.2) is 5.82 Å². The minimum Gasteiger partial charge on any atom is -0.352 e. The minimum atomic E-state index is -0.164. The fraction of sp³-hybridized carbons (Fsp3) is 0.308. The van der Waals surface area contributed by atoms with E-state index in [0.29, 0.717) is 11.6 Å². The van der Waals surface area contributed by atoms with Crippen LogP contribution in [0.3, 0.4) is 0 Å². The molecule has 0 aliphatic carbocycles. The van der Waals surface area contributed by atoms with E-state index in [1.54, 1.807) is 0 Å². The lowest BCUT2D eigenvalue weighted by Crippen LogP contribution is -2.41. The summed E-state index contributed by atoms with van der Waals surface area (Å²) in [7, 11) is 0. The lowest BCUT2D eigenvalue weighted by atomic mass is 9.96. The average Bonchev–Trinajstić information content (AvgIpc) is 3.21. The molecule has 7 nitrogen and oxygen atoms in total. The molecule has 8 heteroatoms. The van der Waals surface area contributed by atoms with Gasteiger partial charge in [-0.2, -0.15) is 10.2 Å². The zero-order valence-electron chi connectivity index (χ0n) is 19.5. The fourth-order valence-electron chi connectivity index (χ4n) is 4.71. The van der Waals surface area contributed by atoms with Crippen LogP contribution in [0.5, 0.6) is 0 Å². The van der Waals surface area contributed by atoms with E-state index in [2.05, 4.69) is 27.3 Å². The molecule has 3 heterocycles. The minimum absolute atomic E-state index is 0.00243. The van der Waals surface area contributed by atoms with Crippen molar-refractivity contribution in [2.45, 2.75) is 33.6 Å². The highest BCUT2D eigenvalue weighted by Crippen LogP contribution is 2.32. The van der Waals surface area contributed by atoms with Gasteiger partial charge in [0.25, 0.3) is 0 Å². The van der Waals surface area contributed by atoms with E-state index >= 15 is 0 Å². The van der Waals surface area contributed by atoms with Gasteiger partial charge in [0, 0.05) is 23.8 Å². The van der Waals surface area contributed by atoms with Crippen LogP contribution >= 0.6 is 11.6 Å². The number of aryl methyl sites for hydroxylation is 2. The first-order valence-corrected chi connectivity index (χ1v) is 11.9. The van der Waals surface area contributed by atoms with Gasteiger partial charge in [0.2, 0.25) is 5.91 Å². The number of benzene rings is 2. The molecule has 1 atom stereocenters. The van der Waals surface area contributed by atoms with Gasteiger partial charge in [-0.25, -0.2) is 4.68 Å². The van der Waals surface area contributed by atoms with Crippen LogP contribution in [0.15, 0.2) is 48.5 Å². The van der Waals surface area contributed by atoms with Gasteiger partial charge < -0.3 is 10.2 Å². The van der Waals surface area contributed by atoms with Crippen LogP contribution in [0.25, 0.3) is 16.6 Å². The van der Waals surface area contributed by atoms with Crippen molar-refractivity contribution in [2.75, 3.05) is 23.3 Å². The number of anilines is 2. The number of hydrogen-bond acceptors (Lipinski definition) is 5. The maximum Gasteiger partial charge on any atom is 0.229 e. The number of nitrogens with one attached hydrogen (secondary N) is 1. The summed E-state index contributed by atoms with van der Waals surface area (Å²) in [4.78, 5) is 15.3. The Kier molecular flexibility index (Phi) is 5.96. The van der Waals surface area contributed by atoms with Crippen molar-refractivity contribution < 1.29 is 4.79 Å². The maximum absolute atomic E-state index is 13.1. The Hall–Kier alpha value is -3.45. The highest BCUT2D eigenvalue weighted by atomic mass is 35.5. The smallest absolute Gasteiger partial charge is 0.229 e. The lowest BCUT2D eigenvalue weighted by Gasteiger charge is -2.32. The molecular formula is C26H27ClN6O. The number of halogens is 1. The van der Waals surface area contributed by atoms with E-state index in [0.717, 1.165) is 64.4 Å². The number of rotatable bonds is 4. The molecular weight excluding hydrogens is 448 g/mol. The van der Waals surface area contributed by atoms with Crippen LogP contribution < -0.4 is 10.2 Å². The molecule has 34 heavy (non-hydrogen) atoms. The van der Waals surface area contributed by atoms with Crippen molar-refractivity contribution in [2.24, 2.45) is 5.92 Å². The zero-order valence-corrected chi connectivity index (χ0v) is 20.3. The summed E-state index contributed by atoms with van der Waals surface area (Å²) in [6.07, 6.45) is 1.71. The summed E-state index contributed by atoms with van der Waals surface area (Å²) >= 11 is 6.23. The summed E-state index contributed by atoms with van der Waals surface area (Å²) < 4.78 is 1.95. The number of para-hydroxylation sites is 1.